The second-order valence-corrected chi connectivity index (χ2v) is 2.79. The number of aliphatic hydroxyl groups is 1. The molecule has 4 nitrogen and oxygen atoms in total. The summed E-state index contributed by atoms with van der Waals surface area (Å²) in [4.78, 5) is 12.9. The number of ether oxygens (including phenoxy) is 1. The van der Waals surface area contributed by atoms with E-state index in [-0.39, 0.29) is 5.56 Å². The minimum atomic E-state index is -5.08. The van der Waals surface area contributed by atoms with Crippen LogP contribution in [0.15, 0.2) is 11.0 Å². The van der Waals surface area contributed by atoms with Gasteiger partial charge in [0.15, 0.2) is 5.75 Å². The van der Waals surface area contributed by atoms with E-state index >= 15 is 0 Å². The summed E-state index contributed by atoms with van der Waals surface area (Å²) in [7, 11) is 0. The van der Waals surface area contributed by atoms with Gasteiger partial charge in [0.25, 0.3) is 5.56 Å². The fraction of sp³-hybridized carbons (Fsp3) is 0.375. The van der Waals surface area contributed by atoms with Crippen LogP contribution < -0.4 is 10.3 Å². The molecule has 90 valence electrons. The first kappa shape index (κ1) is 12.5. The molecule has 8 heteroatoms. The van der Waals surface area contributed by atoms with Gasteiger partial charge in [0.05, 0.1) is 6.61 Å². The standard InChI is InChI=1S/C8H7F4NO3/c9-1-4-2-13-7(15)6(5(4)3-14)16-8(10,11)12/h2,14H,1,3H2,(H,13,15). The molecule has 0 atom stereocenters. The maximum Gasteiger partial charge on any atom is 0.573 e. The van der Waals surface area contributed by atoms with Gasteiger partial charge in [-0.15, -0.1) is 13.2 Å². The van der Waals surface area contributed by atoms with Gasteiger partial charge in [0.2, 0.25) is 0 Å². The summed E-state index contributed by atoms with van der Waals surface area (Å²) in [5.41, 5.74) is -1.96. The number of pyridine rings is 1. The Morgan fingerprint density at radius 2 is 2.06 bits per heavy atom. The van der Waals surface area contributed by atoms with Crippen LogP contribution in [0.5, 0.6) is 5.75 Å². The number of aromatic amines is 1. The number of hydrogen-bond acceptors (Lipinski definition) is 3. The summed E-state index contributed by atoms with van der Waals surface area (Å²) in [5, 5.41) is 8.78. The molecule has 2 N–H and O–H groups in total. The monoisotopic (exact) mass is 241 g/mol. The normalized spacial score (nSPS) is 11.6. The van der Waals surface area contributed by atoms with Crippen molar-refractivity contribution < 1.29 is 27.4 Å². The number of rotatable bonds is 3. The van der Waals surface area contributed by atoms with Gasteiger partial charge in [0, 0.05) is 17.3 Å². The van der Waals surface area contributed by atoms with Crippen molar-refractivity contribution in [2.45, 2.75) is 19.6 Å². The first-order valence-corrected chi connectivity index (χ1v) is 4.05. The van der Waals surface area contributed by atoms with E-state index in [1.807, 2.05) is 4.98 Å². The van der Waals surface area contributed by atoms with E-state index in [4.69, 9.17) is 5.11 Å². The molecule has 0 aromatic carbocycles. The van der Waals surface area contributed by atoms with Crippen LogP contribution in [0.3, 0.4) is 0 Å². The van der Waals surface area contributed by atoms with Crippen LogP contribution in [-0.4, -0.2) is 16.5 Å². The van der Waals surface area contributed by atoms with Gasteiger partial charge in [-0.3, -0.25) is 4.79 Å². The molecule has 0 aliphatic carbocycles. The van der Waals surface area contributed by atoms with Gasteiger partial charge in [-0.25, -0.2) is 4.39 Å². The smallest absolute Gasteiger partial charge is 0.399 e. The van der Waals surface area contributed by atoms with Crippen LogP contribution in [0.1, 0.15) is 11.1 Å². The molecule has 0 bridgehead atoms. The van der Waals surface area contributed by atoms with E-state index in [2.05, 4.69) is 4.74 Å². The number of nitrogens with one attached hydrogen (secondary N) is 1. The Bertz CT molecular complexity index is 426. The Hall–Kier alpha value is -1.57. The lowest BCUT2D eigenvalue weighted by molar-refractivity contribution is -0.275. The van der Waals surface area contributed by atoms with Crippen LogP contribution in [0, 0.1) is 0 Å². The molecule has 1 aromatic rings. The molecule has 16 heavy (non-hydrogen) atoms. The fourth-order valence-corrected chi connectivity index (χ4v) is 1.10. The van der Waals surface area contributed by atoms with Crippen molar-refractivity contribution in [3.05, 3.63) is 27.7 Å². The average molecular weight is 241 g/mol. The Morgan fingerprint density at radius 1 is 1.44 bits per heavy atom. The lowest BCUT2D eigenvalue weighted by Gasteiger charge is -2.12. The predicted molar refractivity (Wildman–Crippen MR) is 44.5 cm³/mol. The van der Waals surface area contributed by atoms with Crippen LogP contribution in [0.4, 0.5) is 17.6 Å². The third-order valence-electron chi connectivity index (χ3n) is 1.77. The van der Waals surface area contributed by atoms with Crippen molar-refractivity contribution in [1.29, 1.82) is 0 Å². The van der Waals surface area contributed by atoms with Crippen molar-refractivity contribution in [3.63, 3.8) is 0 Å². The lowest BCUT2D eigenvalue weighted by Crippen LogP contribution is -2.24. The first-order chi connectivity index (χ1) is 7.39. The highest BCUT2D eigenvalue weighted by Crippen LogP contribution is 2.25. The molecule has 1 rings (SSSR count). The molecule has 1 aromatic heterocycles. The molecule has 0 radical (unpaired) electrons. The zero-order valence-corrected chi connectivity index (χ0v) is 7.77. The number of aromatic nitrogens is 1. The largest absolute Gasteiger partial charge is 0.573 e. The number of alkyl halides is 4. The highest BCUT2D eigenvalue weighted by atomic mass is 19.4. The van der Waals surface area contributed by atoms with Gasteiger partial charge in [-0.2, -0.15) is 0 Å². The summed E-state index contributed by atoms with van der Waals surface area (Å²) < 4.78 is 51.5. The predicted octanol–water partition coefficient (Wildman–Crippen LogP) is 1.24. The molecule has 0 unspecified atom stereocenters. The topological polar surface area (TPSA) is 62.3 Å². The third-order valence-corrected chi connectivity index (χ3v) is 1.77. The number of halogens is 4. The molecule has 0 saturated heterocycles. The van der Waals surface area contributed by atoms with Gasteiger partial charge in [-0.05, 0) is 0 Å². The van der Waals surface area contributed by atoms with Crippen molar-refractivity contribution >= 4 is 0 Å². The summed E-state index contributed by atoms with van der Waals surface area (Å²) >= 11 is 0. The Labute approximate surface area is 86.5 Å². The van der Waals surface area contributed by atoms with Crippen LogP contribution >= 0.6 is 0 Å². The van der Waals surface area contributed by atoms with Gasteiger partial charge >= 0.3 is 6.36 Å². The summed E-state index contributed by atoms with van der Waals surface area (Å²) in [6.07, 6.45) is -4.19. The van der Waals surface area contributed by atoms with Crippen LogP contribution in [-0.2, 0) is 13.3 Å². The highest BCUT2D eigenvalue weighted by Gasteiger charge is 2.34. The maximum absolute atomic E-state index is 12.3. The Balaban J connectivity index is 3.29. The number of hydrogen-bond donors (Lipinski definition) is 2. The average Bonchev–Trinajstić information content (AvgIpc) is 2.19. The van der Waals surface area contributed by atoms with Crippen molar-refractivity contribution in [3.8, 4) is 5.75 Å². The van der Waals surface area contributed by atoms with Crippen LogP contribution in [0.25, 0.3) is 0 Å². The first-order valence-electron chi connectivity index (χ1n) is 4.05. The molecular weight excluding hydrogens is 234 g/mol. The lowest BCUT2D eigenvalue weighted by atomic mass is 10.1. The highest BCUT2D eigenvalue weighted by molar-refractivity contribution is 5.36. The quantitative estimate of drug-likeness (QED) is 0.782. The van der Waals surface area contributed by atoms with Gasteiger partial charge in [-0.1, -0.05) is 0 Å². The Kier molecular flexibility index (Phi) is 3.53. The van der Waals surface area contributed by atoms with E-state index < -0.39 is 36.5 Å². The minimum Gasteiger partial charge on any atom is -0.399 e. The summed E-state index contributed by atoms with van der Waals surface area (Å²) in [6.45, 7) is -2.05. The zero-order chi connectivity index (χ0) is 12.3. The molecule has 0 saturated carbocycles. The summed E-state index contributed by atoms with van der Waals surface area (Å²) in [5.74, 6) is -1.13. The van der Waals surface area contributed by atoms with Crippen molar-refractivity contribution in [2.24, 2.45) is 0 Å². The van der Waals surface area contributed by atoms with Crippen molar-refractivity contribution in [2.75, 3.05) is 0 Å². The van der Waals surface area contributed by atoms with Crippen LogP contribution in [0.2, 0.25) is 0 Å². The van der Waals surface area contributed by atoms with E-state index in [9.17, 15) is 22.4 Å². The second-order valence-electron chi connectivity index (χ2n) is 2.79. The van der Waals surface area contributed by atoms with E-state index in [0.29, 0.717) is 0 Å². The maximum atomic E-state index is 12.3. The fourth-order valence-electron chi connectivity index (χ4n) is 1.10. The molecule has 0 fully saturated rings. The van der Waals surface area contributed by atoms with E-state index in [1.54, 1.807) is 0 Å². The van der Waals surface area contributed by atoms with Gasteiger partial charge in [0.1, 0.15) is 6.67 Å². The SMILES string of the molecule is O=c1[nH]cc(CF)c(CO)c1OC(F)(F)F. The molecule has 1 heterocycles. The minimum absolute atomic E-state index is 0.263. The third kappa shape index (κ3) is 2.72. The molecule has 0 aliphatic rings. The van der Waals surface area contributed by atoms with Crippen molar-refractivity contribution in [1.82, 2.24) is 4.98 Å². The zero-order valence-electron chi connectivity index (χ0n) is 7.77. The second kappa shape index (κ2) is 4.52. The van der Waals surface area contributed by atoms with Gasteiger partial charge < -0.3 is 14.8 Å². The molecule has 0 spiro atoms. The molecule has 0 amide bonds. The Morgan fingerprint density at radius 3 is 2.50 bits per heavy atom. The van der Waals surface area contributed by atoms with E-state index in [1.165, 1.54) is 0 Å². The van der Waals surface area contributed by atoms with E-state index in [0.717, 1.165) is 6.20 Å². The molecular formula is C8H7F4NO3. The summed E-state index contributed by atoms with van der Waals surface area (Å²) in [6, 6.07) is 0. The molecule has 0 aliphatic heterocycles. The number of H-pyrrole nitrogens is 1. The number of aliphatic hydroxyl groups excluding tert-OH is 1.